The minimum atomic E-state index is -0.601. The van der Waals surface area contributed by atoms with Gasteiger partial charge in [0, 0.05) is 5.56 Å². The van der Waals surface area contributed by atoms with Crippen molar-refractivity contribution in [1.29, 1.82) is 0 Å². The summed E-state index contributed by atoms with van der Waals surface area (Å²) in [6.45, 7) is 5.67. The topological polar surface area (TPSA) is 55.4 Å². The van der Waals surface area contributed by atoms with Crippen molar-refractivity contribution < 1.29 is 14.3 Å². The molecule has 1 aromatic rings. The van der Waals surface area contributed by atoms with Crippen molar-refractivity contribution >= 4 is 11.9 Å². The van der Waals surface area contributed by atoms with E-state index < -0.39 is 5.97 Å². The number of hydrogen-bond acceptors (Lipinski definition) is 3. The number of hydrogen-bond donors (Lipinski definition) is 1. The number of benzene rings is 1. The van der Waals surface area contributed by atoms with Crippen molar-refractivity contribution in [2.75, 3.05) is 6.61 Å². The van der Waals surface area contributed by atoms with Crippen molar-refractivity contribution in [3.8, 4) is 0 Å². The first-order valence-corrected chi connectivity index (χ1v) is 5.37. The highest BCUT2D eigenvalue weighted by molar-refractivity contribution is 6.00. The predicted molar refractivity (Wildman–Crippen MR) is 64.3 cm³/mol. The van der Waals surface area contributed by atoms with E-state index in [0.29, 0.717) is 12.2 Å². The first-order chi connectivity index (χ1) is 8.15. The van der Waals surface area contributed by atoms with E-state index in [4.69, 9.17) is 4.74 Å². The molecule has 0 aromatic heterocycles. The lowest BCUT2D eigenvalue weighted by Crippen LogP contribution is -2.27. The van der Waals surface area contributed by atoms with Gasteiger partial charge in [-0.2, -0.15) is 0 Å². The quantitative estimate of drug-likeness (QED) is 0.624. The summed E-state index contributed by atoms with van der Waals surface area (Å²) in [5.74, 6) is -0.972. The van der Waals surface area contributed by atoms with Gasteiger partial charge in [-0.3, -0.25) is 4.79 Å². The molecule has 0 aliphatic carbocycles. The Hall–Kier alpha value is -2.10. The summed E-state index contributed by atoms with van der Waals surface area (Å²) in [5.41, 5.74) is 0.421. The van der Waals surface area contributed by atoms with Crippen molar-refractivity contribution in [3.63, 3.8) is 0 Å². The number of esters is 1. The van der Waals surface area contributed by atoms with Crippen molar-refractivity contribution in [2.45, 2.75) is 13.3 Å². The van der Waals surface area contributed by atoms with Crippen LogP contribution in [0.25, 0.3) is 0 Å². The summed E-state index contributed by atoms with van der Waals surface area (Å²) in [7, 11) is 0. The first-order valence-electron chi connectivity index (χ1n) is 5.37. The van der Waals surface area contributed by atoms with Crippen LogP contribution in [0.3, 0.4) is 0 Å². The molecule has 1 amide bonds. The van der Waals surface area contributed by atoms with Crippen LogP contribution >= 0.6 is 0 Å². The Bertz CT molecular complexity index is 412. The number of amides is 1. The molecular formula is C13H15NO3. The van der Waals surface area contributed by atoms with Crippen LogP contribution in [-0.4, -0.2) is 18.5 Å². The van der Waals surface area contributed by atoms with Crippen LogP contribution in [0.15, 0.2) is 42.6 Å². The fraction of sp³-hybridized carbons (Fsp3) is 0.231. The molecule has 0 saturated carbocycles. The summed E-state index contributed by atoms with van der Waals surface area (Å²) in [5, 5.41) is 2.40. The van der Waals surface area contributed by atoms with Gasteiger partial charge in [-0.15, -0.1) is 0 Å². The molecule has 0 radical (unpaired) electrons. The normalized spacial score (nSPS) is 9.47. The average molecular weight is 233 g/mol. The van der Waals surface area contributed by atoms with Gasteiger partial charge in [0.15, 0.2) is 0 Å². The van der Waals surface area contributed by atoms with Gasteiger partial charge in [0.25, 0.3) is 5.91 Å². The minimum absolute atomic E-state index is 0.0488. The molecule has 0 saturated heterocycles. The van der Waals surface area contributed by atoms with Gasteiger partial charge in [0.05, 0.1) is 6.61 Å². The second kappa shape index (κ2) is 6.48. The van der Waals surface area contributed by atoms with Crippen LogP contribution in [0.5, 0.6) is 0 Å². The Kier molecular flexibility index (Phi) is 4.94. The van der Waals surface area contributed by atoms with E-state index in [1.54, 1.807) is 30.3 Å². The highest BCUT2D eigenvalue weighted by atomic mass is 16.5. The molecule has 0 bridgehead atoms. The van der Waals surface area contributed by atoms with Gasteiger partial charge in [0.1, 0.15) is 5.70 Å². The molecule has 0 spiro atoms. The molecule has 0 fully saturated rings. The Morgan fingerprint density at radius 3 is 2.53 bits per heavy atom. The second-order valence-electron chi connectivity index (χ2n) is 3.43. The molecule has 1 aromatic carbocycles. The molecule has 4 heteroatoms. The minimum Gasteiger partial charge on any atom is -0.461 e. The number of carbonyl (C=O) groups is 2. The smallest absolute Gasteiger partial charge is 0.354 e. The van der Waals surface area contributed by atoms with Crippen molar-refractivity contribution in [1.82, 2.24) is 5.32 Å². The molecule has 0 unspecified atom stereocenters. The van der Waals surface area contributed by atoms with Gasteiger partial charge >= 0.3 is 5.97 Å². The zero-order valence-electron chi connectivity index (χ0n) is 9.73. The summed E-state index contributed by atoms with van der Waals surface area (Å²) in [6, 6.07) is 8.60. The SMILES string of the molecule is C=C(NC(=O)c1ccccc1)C(=O)OCCC. The molecule has 0 atom stereocenters. The highest BCUT2D eigenvalue weighted by Gasteiger charge is 2.12. The van der Waals surface area contributed by atoms with Crippen LogP contribution in [0.2, 0.25) is 0 Å². The van der Waals surface area contributed by atoms with E-state index in [2.05, 4.69) is 11.9 Å². The number of nitrogens with one attached hydrogen (secondary N) is 1. The largest absolute Gasteiger partial charge is 0.461 e. The van der Waals surface area contributed by atoms with E-state index in [-0.39, 0.29) is 11.6 Å². The van der Waals surface area contributed by atoms with Crippen molar-refractivity contribution in [3.05, 3.63) is 48.2 Å². The zero-order chi connectivity index (χ0) is 12.7. The third-order valence-corrected chi connectivity index (χ3v) is 1.98. The van der Waals surface area contributed by atoms with Crippen LogP contribution in [0, 0.1) is 0 Å². The summed E-state index contributed by atoms with van der Waals surface area (Å²) in [4.78, 5) is 23.0. The fourth-order valence-electron chi connectivity index (χ4n) is 1.13. The lowest BCUT2D eigenvalue weighted by molar-refractivity contribution is -0.139. The molecule has 1 N–H and O–H groups in total. The maximum Gasteiger partial charge on any atom is 0.354 e. The van der Waals surface area contributed by atoms with Crippen LogP contribution < -0.4 is 5.32 Å². The zero-order valence-corrected chi connectivity index (χ0v) is 9.73. The second-order valence-corrected chi connectivity index (χ2v) is 3.43. The van der Waals surface area contributed by atoms with E-state index in [0.717, 1.165) is 6.42 Å². The third-order valence-electron chi connectivity index (χ3n) is 1.98. The van der Waals surface area contributed by atoms with E-state index in [1.165, 1.54) is 0 Å². The summed E-state index contributed by atoms with van der Waals surface area (Å²) >= 11 is 0. The van der Waals surface area contributed by atoms with Crippen LogP contribution in [-0.2, 0) is 9.53 Å². The van der Waals surface area contributed by atoms with Gasteiger partial charge in [0.2, 0.25) is 0 Å². The number of carbonyl (C=O) groups excluding carboxylic acids is 2. The molecule has 17 heavy (non-hydrogen) atoms. The van der Waals surface area contributed by atoms with E-state index in [1.807, 2.05) is 6.92 Å². The predicted octanol–water partition coefficient (Wildman–Crippen LogP) is 1.88. The van der Waals surface area contributed by atoms with Crippen LogP contribution in [0.4, 0.5) is 0 Å². The Balaban J connectivity index is 2.52. The molecule has 4 nitrogen and oxygen atoms in total. The lowest BCUT2D eigenvalue weighted by Gasteiger charge is -2.07. The molecule has 1 rings (SSSR count). The van der Waals surface area contributed by atoms with Gasteiger partial charge in [-0.25, -0.2) is 4.79 Å². The Morgan fingerprint density at radius 2 is 1.94 bits per heavy atom. The number of ether oxygens (including phenoxy) is 1. The molecule has 0 aliphatic rings. The number of rotatable bonds is 5. The van der Waals surface area contributed by atoms with Crippen molar-refractivity contribution in [2.24, 2.45) is 0 Å². The summed E-state index contributed by atoms with van der Waals surface area (Å²) < 4.78 is 4.84. The summed E-state index contributed by atoms with van der Waals surface area (Å²) in [6.07, 6.45) is 0.728. The van der Waals surface area contributed by atoms with Crippen LogP contribution in [0.1, 0.15) is 23.7 Å². The monoisotopic (exact) mass is 233 g/mol. The van der Waals surface area contributed by atoms with Gasteiger partial charge < -0.3 is 10.1 Å². The van der Waals surface area contributed by atoms with E-state index in [9.17, 15) is 9.59 Å². The standard InChI is InChI=1S/C13H15NO3/c1-3-9-17-13(16)10(2)14-12(15)11-7-5-4-6-8-11/h4-8H,2-3,9H2,1H3,(H,14,15). The molecule has 0 heterocycles. The average Bonchev–Trinajstić information content (AvgIpc) is 2.36. The van der Waals surface area contributed by atoms with Gasteiger partial charge in [-0.05, 0) is 18.6 Å². The Labute approximate surface area is 100 Å². The maximum absolute atomic E-state index is 11.7. The third kappa shape index (κ3) is 4.10. The van der Waals surface area contributed by atoms with E-state index >= 15 is 0 Å². The molecule has 90 valence electrons. The highest BCUT2D eigenvalue weighted by Crippen LogP contribution is 2.00. The molecular weight excluding hydrogens is 218 g/mol. The maximum atomic E-state index is 11.7. The fourth-order valence-corrected chi connectivity index (χ4v) is 1.13. The Morgan fingerprint density at radius 1 is 1.29 bits per heavy atom. The lowest BCUT2D eigenvalue weighted by atomic mass is 10.2. The van der Waals surface area contributed by atoms with Gasteiger partial charge in [-0.1, -0.05) is 31.7 Å². The molecule has 0 aliphatic heterocycles. The first kappa shape index (κ1) is 13.0.